The molecule has 2 atom stereocenters. The summed E-state index contributed by atoms with van der Waals surface area (Å²) >= 11 is 0. The van der Waals surface area contributed by atoms with Crippen molar-refractivity contribution in [1.82, 2.24) is 13.9 Å². The van der Waals surface area contributed by atoms with E-state index in [1.165, 1.54) is 4.31 Å². The number of fused-ring (bicyclic) bond motifs is 1. The summed E-state index contributed by atoms with van der Waals surface area (Å²) in [5.41, 5.74) is 11.4. The second-order valence-corrected chi connectivity index (χ2v) is 10.1. The maximum atomic E-state index is 13.2. The molecular weight excluding hydrogens is 428 g/mol. The van der Waals surface area contributed by atoms with Gasteiger partial charge in [0.1, 0.15) is 5.69 Å². The Labute approximate surface area is 186 Å². The van der Waals surface area contributed by atoms with Crippen LogP contribution in [0.3, 0.4) is 0 Å². The molecule has 0 unspecified atom stereocenters. The van der Waals surface area contributed by atoms with Crippen LogP contribution in [0, 0.1) is 18.8 Å². The van der Waals surface area contributed by atoms with Gasteiger partial charge in [0, 0.05) is 31.6 Å². The van der Waals surface area contributed by atoms with E-state index in [-0.39, 0.29) is 41.9 Å². The first-order chi connectivity index (χ1) is 15.3. The summed E-state index contributed by atoms with van der Waals surface area (Å²) < 4.78 is 29.4. The van der Waals surface area contributed by atoms with Gasteiger partial charge in [-0.15, -0.1) is 0 Å². The van der Waals surface area contributed by atoms with E-state index in [4.69, 9.17) is 5.53 Å². The average molecular weight is 453 g/mol. The van der Waals surface area contributed by atoms with Crippen LogP contribution in [0.2, 0.25) is 0 Å². The molecule has 1 aliphatic heterocycles. The summed E-state index contributed by atoms with van der Waals surface area (Å²) in [7, 11) is -1.99. The van der Waals surface area contributed by atoms with Gasteiger partial charge in [0.25, 0.3) is 5.56 Å². The summed E-state index contributed by atoms with van der Waals surface area (Å²) in [4.78, 5) is 20.5. The lowest BCUT2D eigenvalue weighted by molar-refractivity contribution is 0.420. The van der Waals surface area contributed by atoms with Crippen molar-refractivity contribution in [3.05, 3.63) is 80.6 Å². The lowest BCUT2D eigenvalue weighted by Crippen LogP contribution is -2.30. The second kappa shape index (κ2) is 8.74. The van der Waals surface area contributed by atoms with Gasteiger partial charge in [-0.05, 0) is 55.0 Å². The average Bonchev–Trinajstić information content (AvgIpc) is 3.19. The van der Waals surface area contributed by atoms with Gasteiger partial charge in [0.2, 0.25) is 10.0 Å². The Kier molecular flexibility index (Phi) is 6.01. The third-order valence-corrected chi connectivity index (χ3v) is 7.93. The minimum absolute atomic E-state index is 0.162. The molecule has 0 spiro atoms. The van der Waals surface area contributed by atoms with Crippen molar-refractivity contribution in [3.63, 3.8) is 0 Å². The van der Waals surface area contributed by atoms with Crippen LogP contribution in [-0.2, 0) is 23.5 Å². The van der Waals surface area contributed by atoms with Crippen LogP contribution < -0.4 is 5.56 Å². The molecule has 9 nitrogen and oxygen atoms in total. The second-order valence-electron chi connectivity index (χ2n) is 8.18. The van der Waals surface area contributed by atoms with Gasteiger partial charge >= 0.3 is 0 Å². The fraction of sp³-hybridized carbons (Fsp3) is 0.364. The van der Waals surface area contributed by atoms with Gasteiger partial charge in [0.15, 0.2) is 0 Å². The van der Waals surface area contributed by atoms with Crippen molar-refractivity contribution in [2.45, 2.75) is 18.2 Å². The molecule has 0 bridgehead atoms. The molecule has 32 heavy (non-hydrogen) atoms. The van der Waals surface area contributed by atoms with Crippen molar-refractivity contribution in [2.75, 3.05) is 19.6 Å². The van der Waals surface area contributed by atoms with E-state index in [2.05, 4.69) is 15.0 Å². The minimum atomic E-state index is -3.70. The number of sulfonamides is 1. The van der Waals surface area contributed by atoms with Crippen molar-refractivity contribution in [1.29, 1.82) is 0 Å². The van der Waals surface area contributed by atoms with E-state index in [0.29, 0.717) is 17.6 Å². The molecule has 1 saturated heterocycles. The molecule has 1 aromatic heterocycles. The van der Waals surface area contributed by atoms with Crippen LogP contribution in [0.25, 0.3) is 21.5 Å². The van der Waals surface area contributed by atoms with E-state index in [0.717, 1.165) is 11.1 Å². The molecule has 166 valence electrons. The number of hydrogen-bond donors (Lipinski definition) is 0. The van der Waals surface area contributed by atoms with Crippen LogP contribution in [0.15, 0.2) is 63.3 Å². The van der Waals surface area contributed by atoms with Gasteiger partial charge in [-0.25, -0.2) is 13.4 Å². The largest absolute Gasteiger partial charge is 0.308 e. The van der Waals surface area contributed by atoms with Crippen molar-refractivity contribution in [3.8, 4) is 0 Å². The topological polar surface area (TPSA) is 121 Å². The van der Waals surface area contributed by atoms with Gasteiger partial charge in [-0.3, -0.25) is 4.79 Å². The van der Waals surface area contributed by atoms with Crippen LogP contribution in [0.4, 0.5) is 0 Å². The number of azide groups is 1. The normalized spacial score (nSPS) is 19.2. The van der Waals surface area contributed by atoms with Gasteiger partial charge in [-0.2, -0.15) is 4.31 Å². The molecule has 1 fully saturated rings. The van der Waals surface area contributed by atoms with E-state index < -0.39 is 10.0 Å². The molecule has 0 saturated carbocycles. The molecule has 10 heteroatoms. The first-order valence-electron chi connectivity index (χ1n) is 10.3. The molecule has 2 heterocycles. The minimum Gasteiger partial charge on any atom is -0.308 e. The van der Waals surface area contributed by atoms with Gasteiger partial charge < -0.3 is 4.57 Å². The number of benzene rings is 2. The third-order valence-electron chi connectivity index (χ3n) is 6.09. The maximum Gasteiger partial charge on any atom is 0.272 e. The molecule has 1 aliphatic rings. The Morgan fingerprint density at radius 1 is 1.12 bits per heavy atom. The van der Waals surface area contributed by atoms with Crippen LogP contribution >= 0.6 is 0 Å². The Hall–Kier alpha value is -3.20. The smallest absolute Gasteiger partial charge is 0.272 e. The summed E-state index contributed by atoms with van der Waals surface area (Å²) in [6, 6.07) is 14.1. The first kappa shape index (κ1) is 22.0. The first-order valence-corrected chi connectivity index (χ1v) is 11.8. The number of hydrogen-bond acceptors (Lipinski definition) is 5. The standard InChI is InChI=1S/C22H24N6O3S/c1-15-7-9-18(10-8-15)32(30,31)28-13-16(17(14-28)12-24-26-23)11-20-22(29)27(2)21-6-4-3-5-19(21)25-20/h3-10,16-17H,11-14H2,1-2H3/t16-,17+/m0/s1. The van der Waals surface area contributed by atoms with E-state index in [9.17, 15) is 13.2 Å². The molecule has 0 amide bonds. The summed E-state index contributed by atoms with van der Waals surface area (Å²) in [6.45, 7) is 2.53. The molecule has 3 aromatic rings. The highest BCUT2D eigenvalue weighted by Crippen LogP contribution is 2.31. The van der Waals surface area contributed by atoms with Crippen LogP contribution in [0.5, 0.6) is 0 Å². The number of para-hydroxylation sites is 2. The number of rotatable bonds is 6. The Bertz CT molecular complexity index is 1360. The highest BCUT2D eigenvalue weighted by molar-refractivity contribution is 7.89. The summed E-state index contributed by atoms with van der Waals surface area (Å²) in [6.07, 6.45) is 0.309. The number of aryl methyl sites for hydroxylation is 2. The zero-order valence-electron chi connectivity index (χ0n) is 17.9. The van der Waals surface area contributed by atoms with Crippen molar-refractivity contribution in [2.24, 2.45) is 24.0 Å². The van der Waals surface area contributed by atoms with Crippen molar-refractivity contribution >= 4 is 21.1 Å². The molecule has 0 radical (unpaired) electrons. The number of aromatic nitrogens is 2. The number of nitrogens with zero attached hydrogens (tertiary/aromatic N) is 6. The lowest BCUT2D eigenvalue weighted by Gasteiger charge is -2.17. The molecule has 4 rings (SSSR count). The lowest BCUT2D eigenvalue weighted by atomic mass is 9.91. The fourth-order valence-electron chi connectivity index (χ4n) is 4.25. The third kappa shape index (κ3) is 4.12. The highest BCUT2D eigenvalue weighted by Gasteiger charge is 2.39. The maximum absolute atomic E-state index is 13.2. The summed E-state index contributed by atoms with van der Waals surface area (Å²) in [5.74, 6) is -0.397. The SMILES string of the molecule is Cc1ccc(S(=O)(=O)N2C[C@@H](CN=[N+]=[N-])[C@@H](Cc3nc4ccccc4n(C)c3=O)C2)cc1. The van der Waals surface area contributed by atoms with E-state index in [1.807, 2.05) is 31.2 Å². The molecular formula is C22H24N6O3S. The zero-order chi connectivity index (χ0) is 22.9. The Balaban J connectivity index is 1.66. The van der Waals surface area contributed by atoms with E-state index in [1.54, 1.807) is 35.9 Å². The quantitative estimate of drug-likeness (QED) is 0.324. The fourth-order valence-corrected chi connectivity index (χ4v) is 5.80. The van der Waals surface area contributed by atoms with Crippen LogP contribution in [-0.4, -0.2) is 41.9 Å². The van der Waals surface area contributed by atoms with Gasteiger partial charge in [-0.1, -0.05) is 34.9 Å². The molecule has 0 aliphatic carbocycles. The molecule has 0 N–H and O–H groups in total. The van der Waals surface area contributed by atoms with Crippen molar-refractivity contribution < 1.29 is 8.42 Å². The summed E-state index contributed by atoms with van der Waals surface area (Å²) in [5, 5.41) is 3.69. The van der Waals surface area contributed by atoms with E-state index >= 15 is 0 Å². The predicted molar refractivity (Wildman–Crippen MR) is 122 cm³/mol. The Morgan fingerprint density at radius 3 is 2.53 bits per heavy atom. The predicted octanol–water partition coefficient (Wildman–Crippen LogP) is 3.03. The zero-order valence-corrected chi connectivity index (χ0v) is 18.7. The molecule has 2 aromatic carbocycles. The van der Waals surface area contributed by atoms with Gasteiger partial charge in [0.05, 0.1) is 15.9 Å². The highest BCUT2D eigenvalue weighted by atomic mass is 32.2. The van der Waals surface area contributed by atoms with Crippen LogP contribution in [0.1, 0.15) is 11.3 Å². The monoisotopic (exact) mass is 452 g/mol. The Morgan fingerprint density at radius 2 is 1.81 bits per heavy atom.